The summed E-state index contributed by atoms with van der Waals surface area (Å²) in [4.78, 5) is 11.3. The molecular weight excluding hydrogens is 190 g/mol. The van der Waals surface area contributed by atoms with E-state index in [1.807, 2.05) is 20.8 Å². The van der Waals surface area contributed by atoms with Gasteiger partial charge in [-0.3, -0.25) is 0 Å². The summed E-state index contributed by atoms with van der Waals surface area (Å²) in [6, 6.07) is -0.0945. The molecule has 0 saturated carbocycles. The second-order valence-electron chi connectivity index (χ2n) is 5.11. The summed E-state index contributed by atoms with van der Waals surface area (Å²) >= 11 is 0. The normalized spacial score (nSPS) is 13.4. The minimum atomic E-state index is -0.172. The highest BCUT2D eigenvalue weighted by Crippen LogP contribution is 2.02. The van der Waals surface area contributed by atoms with Crippen molar-refractivity contribution in [1.82, 2.24) is 10.6 Å². The first kappa shape index (κ1) is 14.2. The highest BCUT2D eigenvalue weighted by molar-refractivity contribution is 5.74. The van der Waals surface area contributed by atoms with Crippen LogP contribution in [0.1, 0.15) is 40.5 Å². The van der Waals surface area contributed by atoms with Crippen LogP contribution in [-0.4, -0.2) is 24.7 Å². The van der Waals surface area contributed by atoms with Gasteiger partial charge in [0.1, 0.15) is 0 Å². The van der Waals surface area contributed by atoms with Crippen LogP contribution in [-0.2, 0) is 0 Å². The number of hydrogen-bond donors (Lipinski definition) is 3. The quantitative estimate of drug-likeness (QED) is 0.608. The second kappa shape index (κ2) is 6.67. The molecule has 0 aliphatic rings. The van der Waals surface area contributed by atoms with Crippen LogP contribution in [0.25, 0.3) is 0 Å². The number of carbonyl (C=O) groups is 1. The van der Waals surface area contributed by atoms with Crippen molar-refractivity contribution in [1.29, 1.82) is 0 Å². The average Bonchev–Trinajstić information content (AvgIpc) is 2.09. The molecular formula is C11H25N3O. The molecule has 0 spiro atoms. The Bertz CT molecular complexity index is 187. The van der Waals surface area contributed by atoms with E-state index in [1.54, 1.807) is 0 Å². The van der Waals surface area contributed by atoms with E-state index < -0.39 is 0 Å². The summed E-state index contributed by atoms with van der Waals surface area (Å²) in [5, 5.41) is 5.67. The van der Waals surface area contributed by atoms with Crippen LogP contribution in [0.4, 0.5) is 4.79 Å². The average molecular weight is 215 g/mol. The van der Waals surface area contributed by atoms with E-state index >= 15 is 0 Å². The van der Waals surface area contributed by atoms with Crippen molar-refractivity contribution in [2.45, 2.75) is 46.1 Å². The van der Waals surface area contributed by atoms with Crippen molar-refractivity contribution in [2.24, 2.45) is 11.7 Å². The van der Waals surface area contributed by atoms with Crippen molar-refractivity contribution in [3.63, 3.8) is 0 Å². The van der Waals surface area contributed by atoms with E-state index in [0.29, 0.717) is 19.0 Å². The summed E-state index contributed by atoms with van der Waals surface area (Å²) in [6.45, 7) is 9.44. The van der Waals surface area contributed by atoms with Crippen LogP contribution in [0, 0.1) is 5.92 Å². The fourth-order valence-corrected chi connectivity index (χ4v) is 1.16. The van der Waals surface area contributed by atoms with Crippen molar-refractivity contribution >= 4 is 6.03 Å². The van der Waals surface area contributed by atoms with E-state index in [4.69, 9.17) is 5.73 Å². The smallest absolute Gasteiger partial charge is 0.315 e. The molecule has 90 valence electrons. The van der Waals surface area contributed by atoms with Crippen LogP contribution in [0.15, 0.2) is 0 Å². The Hall–Kier alpha value is -0.770. The molecule has 2 amide bonds. The Morgan fingerprint density at radius 2 is 2.00 bits per heavy atom. The number of amides is 2. The first-order valence-electron chi connectivity index (χ1n) is 5.61. The lowest BCUT2D eigenvalue weighted by molar-refractivity contribution is 0.231. The Morgan fingerprint density at radius 1 is 1.40 bits per heavy atom. The first-order chi connectivity index (χ1) is 6.85. The predicted octanol–water partition coefficient (Wildman–Crippen LogP) is 1.46. The minimum Gasteiger partial charge on any atom is -0.338 e. The third kappa shape index (κ3) is 9.53. The first-order valence-corrected chi connectivity index (χ1v) is 5.61. The Balaban J connectivity index is 3.48. The third-order valence-electron chi connectivity index (χ3n) is 2.05. The second-order valence-corrected chi connectivity index (χ2v) is 5.11. The molecule has 0 aromatic carbocycles. The zero-order chi connectivity index (χ0) is 11.9. The van der Waals surface area contributed by atoms with Crippen LogP contribution in [0.3, 0.4) is 0 Å². The molecule has 4 heteroatoms. The van der Waals surface area contributed by atoms with Gasteiger partial charge in [0.15, 0.2) is 0 Å². The number of hydrogen-bond acceptors (Lipinski definition) is 2. The molecule has 0 aliphatic carbocycles. The lowest BCUT2D eigenvalue weighted by Crippen LogP contribution is -2.46. The van der Waals surface area contributed by atoms with Gasteiger partial charge in [0, 0.05) is 12.1 Å². The van der Waals surface area contributed by atoms with E-state index in [2.05, 4.69) is 17.6 Å². The highest BCUT2D eigenvalue weighted by atomic mass is 16.2. The summed E-state index contributed by atoms with van der Waals surface area (Å²) in [6.07, 6.45) is 2.04. The molecule has 15 heavy (non-hydrogen) atoms. The largest absolute Gasteiger partial charge is 0.338 e. The van der Waals surface area contributed by atoms with E-state index in [1.165, 1.54) is 0 Å². The standard InChI is InChI=1S/C11H25N3O/c1-9(8-12)6-5-7-13-10(15)14-11(2,3)4/h9H,5-8,12H2,1-4H3,(H2,13,14,15). The van der Waals surface area contributed by atoms with Crippen LogP contribution < -0.4 is 16.4 Å². The Morgan fingerprint density at radius 3 is 2.47 bits per heavy atom. The fraction of sp³-hybridized carbons (Fsp3) is 0.909. The molecule has 4 N–H and O–H groups in total. The maximum Gasteiger partial charge on any atom is 0.315 e. The zero-order valence-corrected chi connectivity index (χ0v) is 10.4. The maximum absolute atomic E-state index is 11.3. The third-order valence-corrected chi connectivity index (χ3v) is 2.05. The van der Waals surface area contributed by atoms with Crippen LogP contribution in [0.5, 0.6) is 0 Å². The molecule has 1 unspecified atom stereocenters. The lowest BCUT2D eigenvalue weighted by Gasteiger charge is -2.20. The van der Waals surface area contributed by atoms with E-state index in [-0.39, 0.29) is 11.6 Å². The molecule has 0 rings (SSSR count). The van der Waals surface area contributed by atoms with Gasteiger partial charge >= 0.3 is 6.03 Å². The number of urea groups is 1. The molecule has 0 aromatic rings. The lowest BCUT2D eigenvalue weighted by atomic mass is 10.1. The van der Waals surface area contributed by atoms with Gasteiger partial charge in [-0.1, -0.05) is 6.92 Å². The van der Waals surface area contributed by atoms with Gasteiger partial charge in [0.2, 0.25) is 0 Å². The van der Waals surface area contributed by atoms with Gasteiger partial charge in [-0.15, -0.1) is 0 Å². The van der Waals surface area contributed by atoms with Gasteiger partial charge in [-0.05, 0) is 46.1 Å². The molecule has 0 aliphatic heterocycles. The van der Waals surface area contributed by atoms with Gasteiger partial charge < -0.3 is 16.4 Å². The van der Waals surface area contributed by atoms with Crippen molar-refractivity contribution in [3.05, 3.63) is 0 Å². The number of rotatable bonds is 5. The molecule has 0 aromatic heterocycles. The monoisotopic (exact) mass is 215 g/mol. The van der Waals surface area contributed by atoms with E-state index in [9.17, 15) is 4.79 Å². The van der Waals surface area contributed by atoms with Crippen LogP contribution >= 0.6 is 0 Å². The summed E-state index contributed by atoms with van der Waals surface area (Å²) in [5.41, 5.74) is 5.33. The van der Waals surface area contributed by atoms with Crippen molar-refractivity contribution < 1.29 is 4.79 Å². The molecule has 0 heterocycles. The SMILES string of the molecule is CC(CN)CCCNC(=O)NC(C)(C)C. The summed E-state index contributed by atoms with van der Waals surface area (Å²) < 4.78 is 0. The minimum absolute atomic E-state index is 0.0945. The topological polar surface area (TPSA) is 67.1 Å². The fourth-order valence-electron chi connectivity index (χ4n) is 1.16. The van der Waals surface area contributed by atoms with Gasteiger partial charge in [-0.2, -0.15) is 0 Å². The molecule has 4 nitrogen and oxygen atoms in total. The number of nitrogens with two attached hydrogens (primary N) is 1. The van der Waals surface area contributed by atoms with Crippen molar-refractivity contribution in [3.8, 4) is 0 Å². The molecule has 1 atom stereocenters. The summed E-state index contributed by atoms with van der Waals surface area (Å²) in [7, 11) is 0. The zero-order valence-electron chi connectivity index (χ0n) is 10.4. The number of nitrogens with one attached hydrogen (secondary N) is 2. The maximum atomic E-state index is 11.3. The Kier molecular flexibility index (Phi) is 6.32. The van der Waals surface area contributed by atoms with Gasteiger partial charge in [-0.25, -0.2) is 4.79 Å². The Labute approximate surface area is 93.0 Å². The van der Waals surface area contributed by atoms with E-state index in [0.717, 1.165) is 12.8 Å². The van der Waals surface area contributed by atoms with Crippen molar-refractivity contribution in [2.75, 3.05) is 13.1 Å². The highest BCUT2D eigenvalue weighted by Gasteiger charge is 2.12. The van der Waals surface area contributed by atoms with Crippen LogP contribution in [0.2, 0.25) is 0 Å². The molecule has 0 saturated heterocycles. The molecule has 0 radical (unpaired) electrons. The predicted molar refractivity (Wildman–Crippen MR) is 63.7 cm³/mol. The molecule has 0 bridgehead atoms. The number of carbonyl (C=O) groups excluding carboxylic acids is 1. The summed E-state index contributed by atoms with van der Waals surface area (Å²) in [5.74, 6) is 0.539. The van der Waals surface area contributed by atoms with Gasteiger partial charge in [0.05, 0.1) is 0 Å². The molecule has 0 fully saturated rings. The van der Waals surface area contributed by atoms with Gasteiger partial charge in [0.25, 0.3) is 0 Å².